The molecular weight excluding hydrogens is 224 g/mol. The number of nitrogens with zero attached hydrogens (tertiary/aromatic N) is 1. The van der Waals surface area contributed by atoms with Crippen LogP contribution in [0.2, 0.25) is 0 Å². The molecule has 0 radical (unpaired) electrons. The van der Waals surface area contributed by atoms with Crippen LogP contribution in [0.3, 0.4) is 0 Å². The maximum absolute atomic E-state index is 6.26. The van der Waals surface area contributed by atoms with Gasteiger partial charge in [-0.15, -0.1) is 0 Å². The van der Waals surface area contributed by atoms with Gasteiger partial charge in [-0.25, -0.2) is 0 Å². The zero-order valence-corrected chi connectivity index (χ0v) is 10.8. The monoisotopic (exact) mass is 244 g/mol. The van der Waals surface area contributed by atoms with E-state index in [1.54, 1.807) is 0 Å². The van der Waals surface area contributed by atoms with E-state index in [-0.39, 0.29) is 6.04 Å². The van der Waals surface area contributed by atoms with Gasteiger partial charge >= 0.3 is 0 Å². The molecule has 0 aliphatic heterocycles. The summed E-state index contributed by atoms with van der Waals surface area (Å²) in [7, 11) is 2.13. The summed E-state index contributed by atoms with van der Waals surface area (Å²) >= 11 is 0. The Morgan fingerprint density at radius 2 is 2.00 bits per heavy atom. The van der Waals surface area contributed by atoms with Gasteiger partial charge in [-0.05, 0) is 25.0 Å². The van der Waals surface area contributed by atoms with Crippen LogP contribution in [-0.2, 0) is 0 Å². The molecule has 96 valence electrons. The first kappa shape index (κ1) is 11.6. The number of benzene rings is 1. The zero-order valence-electron chi connectivity index (χ0n) is 10.8. The molecule has 1 aromatic heterocycles. The standard InChI is InChI=1S/C15H20N2O/c1-17(13-8-4-3-7-12(13)16)14-10-18-15-9-5-2-6-11(14)15/h2,5-6,9-10,12-13H,3-4,7-8,16H2,1H3. The van der Waals surface area contributed by atoms with E-state index in [9.17, 15) is 0 Å². The number of rotatable bonds is 2. The fourth-order valence-corrected chi connectivity index (χ4v) is 3.04. The van der Waals surface area contributed by atoms with Gasteiger partial charge < -0.3 is 15.1 Å². The van der Waals surface area contributed by atoms with Gasteiger partial charge in [0.2, 0.25) is 0 Å². The number of para-hydroxylation sites is 1. The third-order valence-electron chi connectivity index (χ3n) is 4.12. The average molecular weight is 244 g/mol. The number of anilines is 1. The summed E-state index contributed by atoms with van der Waals surface area (Å²) < 4.78 is 5.61. The Balaban J connectivity index is 1.93. The third-order valence-corrected chi connectivity index (χ3v) is 4.12. The molecule has 0 spiro atoms. The second-order valence-corrected chi connectivity index (χ2v) is 5.24. The molecule has 2 unspecified atom stereocenters. The molecule has 3 rings (SSSR count). The minimum absolute atomic E-state index is 0.275. The molecule has 1 saturated carbocycles. The normalized spacial score (nSPS) is 24.3. The average Bonchev–Trinajstić information content (AvgIpc) is 2.82. The smallest absolute Gasteiger partial charge is 0.136 e. The van der Waals surface area contributed by atoms with Crippen molar-refractivity contribution in [1.82, 2.24) is 0 Å². The van der Waals surface area contributed by atoms with Crippen molar-refractivity contribution >= 4 is 16.7 Å². The highest BCUT2D eigenvalue weighted by molar-refractivity contribution is 5.91. The number of hydrogen-bond donors (Lipinski definition) is 1. The third kappa shape index (κ3) is 1.89. The van der Waals surface area contributed by atoms with Gasteiger partial charge in [0, 0.05) is 24.5 Å². The van der Waals surface area contributed by atoms with Crippen LogP contribution in [0.5, 0.6) is 0 Å². The number of furan rings is 1. The largest absolute Gasteiger partial charge is 0.462 e. The molecule has 1 aliphatic rings. The van der Waals surface area contributed by atoms with E-state index >= 15 is 0 Å². The van der Waals surface area contributed by atoms with E-state index < -0.39 is 0 Å². The summed E-state index contributed by atoms with van der Waals surface area (Å²) in [5.74, 6) is 0. The maximum atomic E-state index is 6.26. The van der Waals surface area contributed by atoms with E-state index in [0.717, 1.165) is 17.7 Å². The van der Waals surface area contributed by atoms with E-state index in [1.165, 1.54) is 24.6 Å². The minimum Gasteiger partial charge on any atom is -0.462 e. The van der Waals surface area contributed by atoms with Crippen LogP contribution < -0.4 is 10.6 Å². The second-order valence-electron chi connectivity index (χ2n) is 5.24. The van der Waals surface area contributed by atoms with Gasteiger partial charge in [0.15, 0.2) is 0 Å². The molecule has 2 N–H and O–H groups in total. The van der Waals surface area contributed by atoms with Gasteiger partial charge in [-0.3, -0.25) is 0 Å². The number of hydrogen-bond acceptors (Lipinski definition) is 3. The van der Waals surface area contributed by atoms with Crippen molar-refractivity contribution < 1.29 is 4.42 Å². The van der Waals surface area contributed by atoms with E-state index in [2.05, 4.69) is 24.1 Å². The summed E-state index contributed by atoms with van der Waals surface area (Å²) in [4.78, 5) is 2.30. The summed E-state index contributed by atoms with van der Waals surface area (Å²) in [6.07, 6.45) is 6.70. The summed E-state index contributed by atoms with van der Waals surface area (Å²) in [6.45, 7) is 0. The summed E-state index contributed by atoms with van der Waals surface area (Å²) in [5.41, 5.74) is 8.37. The summed E-state index contributed by atoms with van der Waals surface area (Å²) in [6, 6.07) is 8.88. The molecule has 0 bridgehead atoms. The van der Waals surface area contributed by atoms with E-state index in [4.69, 9.17) is 10.2 Å². The first-order valence-electron chi connectivity index (χ1n) is 6.72. The molecular formula is C15H20N2O. The first-order valence-corrected chi connectivity index (χ1v) is 6.72. The molecule has 3 heteroatoms. The molecule has 1 heterocycles. The second kappa shape index (κ2) is 4.65. The lowest BCUT2D eigenvalue weighted by Crippen LogP contribution is -2.48. The van der Waals surface area contributed by atoms with E-state index in [0.29, 0.717) is 6.04 Å². The van der Waals surface area contributed by atoms with Crippen LogP contribution >= 0.6 is 0 Å². The molecule has 0 saturated heterocycles. The molecule has 3 nitrogen and oxygen atoms in total. The predicted octanol–water partition coefficient (Wildman–Crippen LogP) is 3.14. The highest BCUT2D eigenvalue weighted by Gasteiger charge is 2.27. The van der Waals surface area contributed by atoms with Crippen LogP contribution in [0.4, 0.5) is 5.69 Å². The van der Waals surface area contributed by atoms with Crippen molar-refractivity contribution in [3.8, 4) is 0 Å². The van der Waals surface area contributed by atoms with Crippen molar-refractivity contribution in [3.63, 3.8) is 0 Å². The van der Waals surface area contributed by atoms with Gasteiger partial charge in [-0.1, -0.05) is 25.0 Å². The van der Waals surface area contributed by atoms with Gasteiger partial charge in [0.05, 0.1) is 5.69 Å². The molecule has 0 amide bonds. The van der Waals surface area contributed by atoms with Crippen molar-refractivity contribution in [2.24, 2.45) is 5.73 Å². The van der Waals surface area contributed by atoms with Crippen molar-refractivity contribution in [2.45, 2.75) is 37.8 Å². The van der Waals surface area contributed by atoms with Crippen LogP contribution in [-0.4, -0.2) is 19.1 Å². The van der Waals surface area contributed by atoms with Crippen molar-refractivity contribution in [1.29, 1.82) is 0 Å². The highest BCUT2D eigenvalue weighted by Crippen LogP contribution is 2.32. The Kier molecular flexibility index (Phi) is 3.00. The van der Waals surface area contributed by atoms with Gasteiger partial charge in [0.1, 0.15) is 11.8 Å². The SMILES string of the molecule is CN(c1coc2ccccc12)C1CCCCC1N. The fourth-order valence-electron chi connectivity index (χ4n) is 3.04. The van der Waals surface area contributed by atoms with Crippen LogP contribution in [0.1, 0.15) is 25.7 Å². The summed E-state index contributed by atoms with van der Waals surface area (Å²) in [5, 5.41) is 1.18. The van der Waals surface area contributed by atoms with Crippen LogP contribution in [0.25, 0.3) is 11.0 Å². The molecule has 1 fully saturated rings. The molecule has 1 aliphatic carbocycles. The van der Waals surface area contributed by atoms with Gasteiger partial charge in [-0.2, -0.15) is 0 Å². The Bertz CT molecular complexity index is 534. The molecule has 2 atom stereocenters. The molecule has 18 heavy (non-hydrogen) atoms. The number of fused-ring (bicyclic) bond motifs is 1. The Morgan fingerprint density at radius 3 is 2.83 bits per heavy atom. The lowest BCUT2D eigenvalue weighted by molar-refractivity contribution is 0.373. The topological polar surface area (TPSA) is 42.4 Å². The molecule has 2 aromatic rings. The quantitative estimate of drug-likeness (QED) is 0.882. The van der Waals surface area contributed by atoms with E-state index in [1.807, 2.05) is 18.4 Å². The predicted molar refractivity (Wildman–Crippen MR) is 74.8 cm³/mol. The number of nitrogens with two attached hydrogens (primary N) is 1. The van der Waals surface area contributed by atoms with Gasteiger partial charge in [0.25, 0.3) is 0 Å². The molecule has 1 aromatic carbocycles. The lowest BCUT2D eigenvalue weighted by Gasteiger charge is -2.36. The number of likely N-dealkylation sites (N-methyl/N-ethyl adjacent to an activating group) is 1. The fraction of sp³-hybridized carbons (Fsp3) is 0.467. The lowest BCUT2D eigenvalue weighted by atomic mass is 9.90. The minimum atomic E-state index is 0.275. The van der Waals surface area contributed by atoms with Crippen molar-refractivity contribution in [3.05, 3.63) is 30.5 Å². The Morgan fingerprint density at radius 1 is 1.22 bits per heavy atom. The van der Waals surface area contributed by atoms with Crippen molar-refractivity contribution in [2.75, 3.05) is 11.9 Å². The van der Waals surface area contributed by atoms with Crippen LogP contribution in [0, 0.1) is 0 Å². The van der Waals surface area contributed by atoms with Crippen LogP contribution in [0.15, 0.2) is 34.9 Å². The first-order chi connectivity index (χ1) is 8.77. The zero-order chi connectivity index (χ0) is 12.5. The Labute approximate surface area is 108 Å². The Hall–Kier alpha value is -1.48. The highest BCUT2D eigenvalue weighted by atomic mass is 16.3. The maximum Gasteiger partial charge on any atom is 0.136 e.